The largest absolute Gasteiger partial charge is 0.493 e. The predicted molar refractivity (Wildman–Crippen MR) is 82.6 cm³/mol. The molecular weight excluding hydrogens is 272 g/mol. The zero-order chi connectivity index (χ0) is 14.7. The molecule has 1 N–H and O–H groups in total. The lowest BCUT2D eigenvalue weighted by Crippen LogP contribution is -2.06. The molecule has 106 valence electrons. The molecule has 20 heavy (non-hydrogen) atoms. The van der Waals surface area contributed by atoms with Gasteiger partial charge in [0.25, 0.3) is 0 Å². The van der Waals surface area contributed by atoms with Crippen LogP contribution >= 0.6 is 11.6 Å². The molecule has 0 saturated carbocycles. The summed E-state index contributed by atoms with van der Waals surface area (Å²) in [6.07, 6.45) is -0.714. The summed E-state index contributed by atoms with van der Waals surface area (Å²) >= 11 is 6.11. The smallest absolute Gasteiger partial charge is 0.125 e. The Bertz CT molecular complexity index is 608. The summed E-state index contributed by atoms with van der Waals surface area (Å²) < 4.78 is 5.59. The fraction of sp³-hybridized carbons (Fsp3) is 0.294. The molecule has 0 spiro atoms. The van der Waals surface area contributed by atoms with Crippen molar-refractivity contribution in [1.29, 1.82) is 0 Å². The minimum Gasteiger partial charge on any atom is -0.493 e. The van der Waals surface area contributed by atoms with Gasteiger partial charge in [-0.05, 0) is 49.6 Å². The second-order valence-corrected chi connectivity index (χ2v) is 5.24. The van der Waals surface area contributed by atoms with E-state index in [1.165, 1.54) is 0 Å². The normalized spacial score (nSPS) is 12.2. The van der Waals surface area contributed by atoms with Crippen molar-refractivity contribution in [3.05, 3.63) is 63.7 Å². The number of rotatable bonds is 4. The number of aliphatic hydroxyl groups is 1. The van der Waals surface area contributed by atoms with Crippen LogP contribution in [-0.2, 0) is 0 Å². The van der Waals surface area contributed by atoms with Gasteiger partial charge in [-0.2, -0.15) is 0 Å². The molecule has 0 heterocycles. The first kappa shape index (κ1) is 14.9. The zero-order valence-corrected chi connectivity index (χ0v) is 12.7. The molecule has 0 bridgehead atoms. The minimum atomic E-state index is -0.714. The highest BCUT2D eigenvalue weighted by molar-refractivity contribution is 6.31. The van der Waals surface area contributed by atoms with Crippen molar-refractivity contribution in [3.8, 4) is 5.75 Å². The van der Waals surface area contributed by atoms with Crippen molar-refractivity contribution in [2.45, 2.75) is 26.9 Å². The molecule has 0 aliphatic rings. The third-order valence-corrected chi connectivity index (χ3v) is 3.76. The molecule has 2 nitrogen and oxygen atoms in total. The maximum atomic E-state index is 10.7. The Morgan fingerprint density at radius 2 is 1.80 bits per heavy atom. The zero-order valence-electron chi connectivity index (χ0n) is 12.0. The van der Waals surface area contributed by atoms with Crippen LogP contribution in [0.3, 0.4) is 0 Å². The van der Waals surface area contributed by atoms with E-state index in [-0.39, 0.29) is 0 Å². The van der Waals surface area contributed by atoms with Crippen molar-refractivity contribution in [2.75, 3.05) is 6.61 Å². The molecule has 1 unspecified atom stereocenters. The van der Waals surface area contributed by atoms with Crippen molar-refractivity contribution < 1.29 is 9.84 Å². The molecule has 0 amide bonds. The highest BCUT2D eigenvalue weighted by Gasteiger charge is 2.18. The van der Waals surface area contributed by atoms with E-state index >= 15 is 0 Å². The summed E-state index contributed by atoms with van der Waals surface area (Å²) in [5.41, 5.74) is 3.57. The Morgan fingerprint density at radius 3 is 2.50 bits per heavy atom. The topological polar surface area (TPSA) is 29.5 Å². The van der Waals surface area contributed by atoms with Gasteiger partial charge in [0, 0.05) is 10.6 Å². The second-order valence-electron chi connectivity index (χ2n) is 4.83. The predicted octanol–water partition coefficient (Wildman–Crippen LogP) is 4.44. The van der Waals surface area contributed by atoms with E-state index in [1.54, 1.807) is 0 Å². The van der Waals surface area contributed by atoms with E-state index in [2.05, 4.69) is 0 Å². The Kier molecular flexibility index (Phi) is 4.69. The minimum absolute atomic E-state index is 0.572. The lowest BCUT2D eigenvalue weighted by molar-refractivity contribution is 0.211. The Balaban J connectivity index is 2.46. The van der Waals surface area contributed by atoms with E-state index in [0.29, 0.717) is 6.61 Å². The number of para-hydroxylation sites is 1. The van der Waals surface area contributed by atoms with Crippen LogP contribution in [0.2, 0.25) is 5.02 Å². The lowest BCUT2D eigenvalue weighted by Gasteiger charge is -2.18. The average molecular weight is 291 g/mol. The number of ether oxygens (including phenoxy) is 1. The van der Waals surface area contributed by atoms with Crippen LogP contribution < -0.4 is 4.74 Å². The molecular formula is C17H19ClO2. The average Bonchev–Trinajstić information content (AvgIpc) is 2.43. The summed E-state index contributed by atoms with van der Waals surface area (Å²) in [5.74, 6) is 0.717. The number of hydrogen-bond acceptors (Lipinski definition) is 2. The standard InChI is InChI=1S/C17H19ClO2/c1-4-20-16-8-6-5-7-13(16)17(19)14-9-12(3)15(18)10-11(14)2/h5-10,17,19H,4H2,1-3H3. The number of aliphatic hydroxyl groups excluding tert-OH is 1. The van der Waals surface area contributed by atoms with E-state index < -0.39 is 6.10 Å². The number of aryl methyl sites for hydroxylation is 2. The molecule has 0 aliphatic heterocycles. The van der Waals surface area contributed by atoms with Crippen LogP contribution in [0, 0.1) is 13.8 Å². The molecule has 0 aliphatic carbocycles. The van der Waals surface area contributed by atoms with Crippen LogP contribution in [0.4, 0.5) is 0 Å². The van der Waals surface area contributed by atoms with Crippen molar-refractivity contribution >= 4 is 11.6 Å². The van der Waals surface area contributed by atoms with E-state index in [9.17, 15) is 5.11 Å². The number of benzene rings is 2. The van der Waals surface area contributed by atoms with Gasteiger partial charge in [0.15, 0.2) is 0 Å². The molecule has 0 fully saturated rings. The van der Waals surface area contributed by atoms with Gasteiger partial charge in [-0.15, -0.1) is 0 Å². The van der Waals surface area contributed by atoms with Gasteiger partial charge in [0.2, 0.25) is 0 Å². The van der Waals surface area contributed by atoms with E-state index in [0.717, 1.165) is 33.0 Å². The quantitative estimate of drug-likeness (QED) is 0.902. The van der Waals surface area contributed by atoms with Crippen LogP contribution in [0.15, 0.2) is 36.4 Å². The number of halogens is 1. The molecule has 2 rings (SSSR count). The van der Waals surface area contributed by atoms with Crippen molar-refractivity contribution in [1.82, 2.24) is 0 Å². The molecule has 0 saturated heterocycles. The monoisotopic (exact) mass is 290 g/mol. The first-order valence-corrected chi connectivity index (χ1v) is 7.08. The second kappa shape index (κ2) is 6.29. The first-order valence-electron chi connectivity index (χ1n) is 6.71. The summed E-state index contributed by atoms with van der Waals surface area (Å²) in [6.45, 7) is 6.39. The van der Waals surface area contributed by atoms with Crippen molar-refractivity contribution in [3.63, 3.8) is 0 Å². The third-order valence-electron chi connectivity index (χ3n) is 3.36. The highest BCUT2D eigenvalue weighted by atomic mass is 35.5. The van der Waals surface area contributed by atoms with Crippen LogP contribution in [0.1, 0.15) is 35.3 Å². The molecule has 2 aromatic carbocycles. The molecule has 0 radical (unpaired) electrons. The van der Waals surface area contributed by atoms with Gasteiger partial charge in [-0.1, -0.05) is 35.9 Å². The van der Waals surface area contributed by atoms with Gasteiger partial charge in [-0.25, -0.2) is 0 Å². The summed E-state index contributed by atoms with van der Waals surface area (Å²) in [6, 6.07) is 11.4. The van der Waals surface area contributed by atoms with E-state index in [4.69, 9.17) is 16.3 Å². The van der Waals surface area contributed by atoms with Crippen LogP contribution in [0.5, 0.6) is 5.75 Å². The summed E-state index contributed by atoms with van der Waals surface area (Å²) in [5, 5.41) is 11.4. The fourth-order valence-corrected chi connectivity index (χ4v) is 2.48. The molecule has 0 aromatic heterocycles. The third kappa shape index (κ3) is 2.97. The first-order chi connectivity index (χ1) is 9.54. The molecule has 1 atom stereocenters. The highest BCUT2D eigenvalue weighted by Crippen LogP contribution is 2.33. The van der Waals surface area contributed by atoms with Gasteiger partial charge in [0.1, 0.15) is 11.9 Å². The molecule has 2 aromatic rings. The fourth-order valence-electron chi connectivity index (χ4n) is 2.26. The lowest BCUT2D eigenvalue weighted by atomic mass is 9.95. The van der Waals surface area contributed by atoms with Crippen LogP contribution in [-0.4, -0.2) is 11.7 Å². The van der Waals surface area contributed by atoms with Crippen LogP contribution in [0.25, 0.3) is 0 Å². The summed E-state index contributed by atoms with van der Waals surface area (Å²) in [7, 11) is 0. The maximum Gasteiger partial charge on any atom is 0.125 e. The number of hydrogen-bond donors (Lipinski definition) is 1. The van der Waals surface area contributed by atoms with Gasteiger partial charge in [0.05, 0.1) is 6.61 Å². The Hall–Kier alpha value is -1.51. The summed E-state index contributed by atoms with van der Waals surface area (Å²) in [4.78, 5) is 0. The molecule has 3 heteroatoms. The van der Waals surface area contributed by atoms with E-state index in [1.807, 2.05) is 57.2 Å². The Morgan fingerprint density at radius 1 is 1.10 bits per heavy atom. The Labute approximate surface area is 125 Å². The van der Waals surface area contributed by atoms with Gasteiger partial charge < -0.3 is 9.84 Å². The maximum absolute atomic E-state index is 10.7. The van der Waals surface area contributed by atoms with Gasteiger partial charge >= 0.3 is 0 Å². The van der Waals surface area contributed by atoms with Crippen molar-refractivity contribution in [2.24, 2.45) is 0 Å². The van der Waals surface area contributed by atoms with Gasteiger partial charge in [-0.3, -0.25) is 0 Å². The SMILES string of the molecule is CCOc1ccccc1C(O)c1cc(C)c(Cl)cc1C.